The summed E-state index contributed by atoms with van der Waals surface area (Å²) in [6.07, 6.45) is 1.03. The maximum Gasteiger partial charge on any atom is 0.123 e. The molecule has 1 aliphatic heterocycles. The first-order valence-electron chi connectivity index (χ1n) is 4.91. The largest absolute Gasteiger partial charge is 0.491 e. The van der Waals surface area contributed by atoms with Gasteiger partial charge in [-0.25, -0.2) is 4.39 Å². The zero-order valence-corrected chi connectivity index (χ0v) is 8.05. The van der Waals surface area contributed by atoms with Crippen molar-refractivity contribution in [3.63, 3.8) is 0 Å². The molecule has 76 valence electrons. The molecule has 0 atom stereocenters. The number of fused-ring (bicyclic) bond motifs is 1. The number of benzene rings is 1. The van der Waals surface area contributed by atoms with Gasteiger partial charge in [0.15, 0.2) is 0 Å². The van der Waals surface area contributed by atoms with Gasteiger partial charge < -0.3 is 10.1 Å². The summed E-state index contributed by atoms with van der Waals surface area (Å²) in [7, 11) is 0. The summed E-state index contributed by atoms with van der Waals surface area (Å²) in [5, 5.41) is 3.30. The average molecular weight is 195 g/mol. The van der Waals surface area contributed by atoms with Gasteiger partial charge in [0.25, 0.3) is 0 Å². The SMILES string of the molecule is FCCOc1ccc2c(c1)CCNC2. The Morgan fingerprint density at radius 1 is 1.36 bits per heavy atom. The Hall–Kier alpha value is -1.09. The molecule has 0 fully saturated rings. The molecule has 1 aromatic carbocycles. The number of ether oxygens (including phenoxy) is 1. The first-order chi connectivity index (χ1) is 6.90. The van der Waals surface area contributed by atoms with E-state index in [4.69, 9.17) is 4.74 Å². The van der Waals surface area contributed by atoms with E-state index in [-0.39, 0.29) is 6.61 Å². The maximum absolute atomic E-state index is 11.9. The molecule has 1 aliphatic rings. The summed E-state index contributed by atoms with van der Waals surface area (Å²) >= 11 is 0. The van der Waals surface area contributed by atoms with Crippen molar-refractivity contribution in [2.75, 3.05) is 19.8 Å². The Balaban J connectivity index is 2.12. The van der Waals surface area contributed by atoms with Crippen molar-refractivity contribution in [1.82, 2.24) is 5.32 Å². The van der Waals surface area contributed by atoms with E-state index in [2.05, 4.69) is 11.4 Å². The van der Waals surface area contributed by atoms with Crippen molar-refractivity contribution in [3.05, 3.63) is 29.3 Å². The Labute approximate surface area is 83.1 Å². The summed E-state index contributed by atoms with van der Waals surface area (Å²) in [6.45, 7) is 1.66. The second kappa shape index (κ2) is 4.42. The molecule has 3 heteroatoms. The van der Waals surface area contributed by atoms with Crippen LogP contribution in [0.2, 0.25) is 0 Å². The highest BCUT2D eigenvalue weighted by Gasteiger charge is 2.08. The quantitative estimate of drug-likeness (QED) is 0.792. The molecule has 0 aliphatic carbocycles. The van der Waals surface area contributed by atoms with Gasteiger partial charge in [-0.15, -0.1) is 0 Å². The summed E-state index contributed by atoms with van der Waals surface area (Å²) in [4.78, 5) is 0. The minimum atomic E-state index is -0.432. The van der Waals surface area contributed by atoms with E-state index in [0.717, 1.165) is 25.3 Å². The Morgan fingerprint density at radius 3 is 3.14 bits per heavy atom. The molecule has 2 nitrogen and oxygen atoms in total. The lowest BCUT2D eigenvalue weighted by molar-refractivity contribution is 0.273. The lowest BCUT2D eigenvalue weighted by Crippen LogP contribution is -2.23. The molecule has 1 aromatic rings. The number of nitrogens with one attached hydrogen (secondary N) is 1. The molecular weight excluding hydrogens is 181 g/mol. The number of alkyl halides is 1. The predicted octanol–water partition coefficient (Wildman–Crippen LogP) is 1.68. The first-order valence-corrected chi connectivity index (χ1v) is 4.91. The maximum atomic E-state index is 11.9. The molecule has 0 bridgehead atoms. The van der Waals surface area contributed by atoms with Crippen LogP contribution in [-0.2, 0) is 13.0 Å². The molecule has 1 N–H and O–H groups in total. The molecule has 0 saturated carbocycles. The first kappa shape index (κ1) is 9.46. The highest BCUT2D eigenvalue weighted by Crippen LogP contribution is 2.20. The molecule has 0 aromatic heterocycles. The van der Waals surface area contributed by atoms with Gasteiger partial charge in [0.05, 0.1) is 0 Å². The van der Waals surface area contributed by atoms with Crippen LogP contribution in [0.15, 0.2) is 18.2 Å². The topological polar surface area (TPSA) is 21.3 Å². The van der Waals surface area contributed by atoms with Gasteiger partial charge in [-0.3, -0.25) is 0 Å². The third-order valence-corrected chi connectivity index (χ3v) is 2.41. The summed E-state index contributed by atoms with van der Waals surface area (Å²) < 4.78 is 17.1. The zero-order chi connectivity index (χ0) is 9.80. The van der Waals surface area contributed by atoms with E-state index < -0.39 is 6.67 Å². The van der Waals surface area contributed by atoms with Crippen LogP contribution in [0.5, 0.6) is 5.75 Å². The van der Waals surface area contributed by atoms with Gasteiger partial charge in [-0.2, -0.15) is 0 Å². The van der Waals surface area contributed by atoms with E-state index in [1.807, 2.05) is 12.1 Å². The van der Waals surface area contributed by atoms with Crippen molar-refractivity contribution >= 4 is 0 Å². The molecule has 2 rings (SSSR count). The van der Waals surface area contributed by atoms with E-state index in [1.54, 1.807) is 0 Å². The highest BCUT2D eigenvalue weighted by molar-refractivity contribution is 5.37. The molecule has 0 radical (unpaired) electrons. The summed E-state index contributed by atoms with van der Waals surface area (Å²) in [5.74, 6) is 0.781. The van der Waals surface area contributed by atoms with Crippen LogP contribution in [0.1, 0.15) is 11.1 Å². The average Bonchev–Trinajstić information content (AvgIpc) is 2.26. The number of hydrogen-bond acceptors (Lipinski definition) is 2. The van der Waals surface area contributed by atoms with Crippen molar-refractivity contribution in [1.29, 1.82) is 0 Å². The minimum absolute atomic E-state index is 0.150. The fraction of sp³-hybridized carbons (Fsp3) is 0.455. The van der Waals surface area contributed by atoms with Crippen LogP contribution in [0, 0.1) is 0 Å². The molecule has 0 saturated heterocycles. The molecular formula is C11H14FNO. The molecule has 0 spiro atoms. The second-order valence-electron chi connectivity index (χ2n) is 3.39. The zero-order valence-electron chi connectivity index (χ0n) is 8.05. The Kier molecular flexibility index (Phi) is 2.99. The number of rotatable bonds is 3. The van der Waals surface area contributed by atoms with Crippen molar-refractivity contribution in [2.45, 2.75) is 13.0 Å². The second-order valence-corrected chi connectivity index (χ2v) is 3.39. The van der Waals surface area contributed by atoms with Crippen molar-refractivity contribution in [3.8, 4) is 5.75 Å². The van der Waals surface area contributed by atoms with Crippen LogP contribution in [0.25, 0.3) is 0 Å². The van der Waals surface area contributed by atoms with Gasteiger partial charge in [-0.1, -0.05) is 6.07 Å². The normalized spacial score (nSPS) is 14.9. The lowest BCUT2D eigenvalue weighted by Gasteiger charge is -2.17. The third-order valence-electron chi connectivity index (χ3n) is 2.41. The Bertz CT molecular complexity index is 314. The van der Waals surface area contributed by atoms with Gasteiger partial charge >= 0.3 is 0 Å². The van der Waals surface area contributed by atoms with E-state index >= 15 is 0 Å². The van der Waals surface area contributed by atoms with Crippen molar-refractivity contribution < 1.29 is 9.13 Å². The van der Waals surface area contributed by atoms with E-state index in [9.17, 15) is 4.39 Å². The number of halogens is 1. The van der Waals surface area contributed by atoms with E-state index in [1.165, 1.54) is 11.1 Å². The molecule has 1 heterocycles. The monoisotopic (exact) mass is 195 g/mol. The van der Waals surface area contributed by atoms with E-state index in [0.29, 0.717) is 0 Å². The Morgan fingerprint density at radius 2 is 2.29 bits per heavy atom. The molecule has 0 amide bonds. The summed E-state index contributed by atoms with van der Waals surface area (Å²) in [6, 6.07) is 5.97. The van der Waals surface area contributed by atoms with Crippen LogP contribution < -0.4 is 10.1 Å². The minimum Gasteiger partial charge on any atom is -0.491 e. The number of hydrogen-bond donors (Lipinski definition) is 1. The molecule has 0 unspecified atom stereocenters. The highest BCUT2D eigenvalue weighted by atomic mass is 19.1. The predicted molar refractivity (Wildman–Crippen MR) is 53.3 cm³/mol. The van der Waals surface area contributed by atoms with Gasteiger partial charge in [0.1, 0.15) is 19.0 Å². The van der Waals surface area contributed by atoms with Crippen LogP contribution in [0.3, 0.4) is 0 Å². The molecule has 14 heavy (non-hydrogen) atoms. The lowest BCUT2D eigenvalue weighted by atomic mass is 10.0. The van der Waals surface area contributed by atoms with Crippen LogP contribution >= 0.6 is 0 Å². The fourth-order valence-corrected chi connectivity index (χ4v) is 1.70. The van der Waals surface area contributed by atoms with Gasteiger partial charge in [-0.05, 0) is 36.2 Å². The van der Waals surface area contributed by atoms with Crippen LogP contribution in [-0.4, -0.2) is 19.8 Å². The fourth-order valence-electron chi connectivity index (χ4n) is 1.70. The van der Waals surface area contributed by atoms with Crippen LogP contribution in [0.4, 0.5) is 4.39 Å². The third kappa shape index (κ3) is 2.04. The van der Waals surface area contributed by atoms with Crippen molar-refractivity contribution in [2.24, 2.45) is 0 Å². The standard InChI is InChI=1S/C11H14FNO/c12-4-6-14-11-2-1-10-8-13-5-3-9(10)7-11/h1-2,7,13H,3-6,8H2. The smallest absolute Gasteiger partial charge is 0.123 e. The summed E-state index contributed by atoms with van der Waals surface area (Å²) in [5.41, 5.74) is 2.64. The van der Waals surface area contributed by atoms with Gasteiger partial charge in [0.2, 0.25) is 0 Å². The van der Waals surface area contributed by atoms with Gasteiger partial charge in [0, 0.05) is 6.54 Å².